The third kappa shape index (κ3) is 4.35. The molecule has 2 fully saturated rings. The van der Waals surface area contributed by atoms with Crippen molar-refractivity contribution in [3.05, 3.63) is 0 Å². The summed E-state index contributed by atoms with van der Waals surface area (Å²) < 4.78 is 0. The van der Waals surface area contributed by atoms with Crippen LogP contribution >= 0.6 is 12.4 Å². The Morgan fingerprint density at radius 1 is 1.21 bits per heavy atom. The van der Waals surface area contributed by atoms with Gasteiger partial charge in [-0.1, -0.05) is 0 Å². The van der Waals surface area contributed by atoms with Gasteiger partial charge in [0.05, 0.1) is 6.04 Å². The Bertz CT molecular complexity index is 313. The SMILES string of the molecule is CC(NC(=O)C1CCCN1)C(=O)N1CCCCC1.Cl. The molecule has 19 heavy (non-hydrogen) atoms. The molecule has 6 heteroatoms. The summed E-state index contributed by atoms with van der Waals surface area (Å²) in [4.78, 5) is 25.9. The highest BCUT2D eigenvalue weighted by atomic mass is 35.5. The number of likely N-dealkylation sites (tertiary alicyclic amines) is 1. The van der Waals surface area contributed by atoms with Gasteiger partial charge in [0.15, 0.2) is 0 Å². The van der Waals surface area contributed by atoms with Gasteiger partial charge in [-0.3, -0.25) is 9.59 Å². The Hall–Kier alpha value is -0.810. The summed E-state index contributed by atoms with van der Waals surface area (Å²) in [6, 6.07) is -0.514. The first-order valence-electron chi connectivity index (χ1n) is 7.01. The number of amides is 2. The molecule has 0 aromatic rings. The lowest BCUT2D eigenvalue weighted by atomic mass is 10.1. The van der Waals surface area contributed by atoms with Crippen LogP contribution in [0.4, 0.5) is 0 Å². The van der Waals surface area contributed by atoms with Gasteiger partial charge in [-0.25, -0.2) is 0 Å². The number of hydrogen-bond donors (Lipinski definition) is 2. The lowest BCUT2D eigenvalue weighted by Crippen LogP contribution is -2.52. The summed E-state index contributed by atoms with van der Waals surface area (Å²) in [7, 11) is 0. The largest absolute Gasteiger partial charge is 0.343 e. The van der Waals surface area contributed by atoms with Crippen LogP contribution in [-0.2, 0) is 9.59 Å². The van der Waals surface area contributed by atoms with Crippen LogP contribution in [0.2, 0.25) is 0 Å². The fourth-order valence-electron chi connectivity index (χ4n) is 2.67. The molecule has 0 saturated carbocycles. The molecule has 0 spiro atoms. The average molecular weight is 290 g/mol. The van der Waals surface area contributed by atoms with Crippen molar-refractivity contribution in [2.75, 3.05) is 19.6 Å². The van der Waals surface area contributed by atoms with Crippen LogP contribution in [0.25, 0.3) is 0 Å². The van der Waals surface area contributed by atoms with E-state index >= 15 is 0 Å². The van der Waals surface area contributed by atoms with Gasteiger partial charge in [-0.15, -0.1) is 12.4 Å². The van der Waals surface area contributed by atoms with E-state index in [2.05, 4.69) is 10.6 Å². The number of piperidine rings is 1. The van der Waals surface area contributed by atoms with E-state index in [4.69, 9.17) is 0 Å². The Morgan fingerprint density at radius 2 is 1.89 bits per heavy atom. The van der Waals surface area contributed by atoms with Crippen molar-refractivity contribution in [1.82, 2.24) is 15.5 Å². The molecule has 0 aromatic heterocycles. The first-order chi connectivity index (χ1) is 8.68. The van der Waals surface area contributed by atoms with Gasteiger partial charge in [0, 0.05) is 13.1 Å². The molecule has 0 radical (unpaired) electrons. The van der Waals surface area contributed by atoms with Crippen molar-refractivity contribution >= 4 is 24.2 Å². The second-order valence-corrected chi connectivity index (χ2v) is 5.27. The Balaban J connectivity index is 0.00000180. The first kappa shape index (κ1) is 16.2. The summed E-state index contributed by atoms with van der Waals surface area (Å²) in [5.41, 5.74) is 0. The number of hydrogen-bond acceptors (Lipinski definition) is 3. The third-order valence-corrected chi connectivity index (χ3v) is 3.77. The Labute approximate surface area is 120 Å². The van der Waals surface area contributed by atoms with Gasteiger partial charge in [0.2, 0.25) is 11.8 Å². The zero-order valence-corrected chi connectivity index (χ0v) is 12.3. The molecule has 0 aliphatic carbocycles. The van der Waals surface area contributed by atoms with Crippen molar-refractivity contribution in [2.45, 2.75) is 51.1 Å². The molecular formula is C13H24ClN3O2. The van der Waals surface area contributed by atoms with Gasteiger partial charge in [-0.05, 0) is 45.6 Å². The van der Waals surface area contributed by atoms with Gasteiger partial charge >= 0.3 is 0 Å². The van der Waals surface area contributed by atoms with E-state index in [1.807, 2.05) is 4.90 Å². The third-order valence-electron chi connectivity index (χ3n) is 3.77. The fourth-order valence-corrected chi connectivity index (χ4v) is 2.67. The number of nitrogens with one attached hydrogen (secondary N) is 2. The predicted molar refractivity (Wildman–Crippen MR) is 76.3 cm³/mol. The second-order valence-electron chi connectivity index (χ2n) is 5.27. The molecule has 2 aliphatic rings. The molecule has 2 aliphatic heterocycles. The molecule has 2 amide bonds. The maximum absolute atomic E-state index is 12.1. The quantitative estimate of drug-likeness (QED) is 0.803. The standard InChI is InChI=1S/C13H23N3O2.ClH/c1-10(13(18)16-8-3-2-4-9-16)15-12(17)11-6-5-7-14-11;/h10-11,14H,2-9H2,1H3,(H,15,17);1H. The van der Waals surface area contributed by atoms with Crippen molar-refractivity contribution in [1.29, 1.82) is 0 Å². The van der Waals surface area contributed by atoms with Crippen LogP contribution in [0, 0.1) is 0 Å². The molecule has 2 heterocycles. The number of rotatable bonds is 3. The molecule has 2 atom stereocenters. The molecule has 110 valence electrons. The average Bonchev–Trinajstić information content (AvgIpc) is 2.92. The molecule has 2 rings (SSSR count). The maximum Gasteiger partial charge on any atom is 0.244 e. The molecule has 2 N–H and O–H groups in total. The monoisotopic (exact) mass is 289 g/mol. The van der Waals surface area contributed by atoms with E-state index in [1.165, 1.54) is 6.42 Å². The van der Waals surface area contributed by atoms with Gasteiger partial charge in [0.1, 0.15) is 6.04 Å². The second kappa shape index (κ2) is 7.70. The Kier molecular flexibility index (Phi) is 6.58. The highest BCUT2D eigenvalue weighted by Gasteiger charge is 2.27. The smallest absolute Gasteiger partial charge is 0.244 e. The number of halogens is 1. The summed E-state index contributed by atoms with van der Waals surface area (Å²) in [6.45, 7) is 4.35. The van der Waals surface area contributed by atoms with Crippen molar-refractivity contribution in [3.8, 4) is 0 Å². The zero-order valence-electron chi connectivity index (χ0n) is 11.5. The van der Waals surface area contributed by atoms with Crippen LogP contribution < -0.4 is 10.6 Å². The van der Waals surface area contributed by atoms with E-state index in [1.54, 1.807) is 6.92 Å². The zero-order chi connectivity index (χ0) is 13.0. The number of nitrogens with zero attached hydrogens (tertiary/aromatic N) is 1. The minimum atomic E-state index is -0.405. The van der Waals surface area contributed by atoms with Crippen LogP contribution in [0.1, 0.15) is 39.0 Å². The van der Waals surface area contributed by atoms with Crippen LogP contribution in [0.3, 0.4) is 0 Å². The molecule has 2 unspecified atom stereocenters. The summed E-state index contributed by atoms with van der Waals surface area (Å²) >= 11 is 0. The lowest BCUT2D eigenvalue weighted by molar-refractivity contribution is -0.137. The summed E-state index contributed by atoms with van der Waals surface area (Å²) in [6.07, 6.45) is 5.27. The molecule has 5 nitrogen and oxygen atoms in total. The van der Waals surface area contributed by atoms with E-state index < -0.39 is 6.04 Å². The van der Waals surface area contributed by atoms with Gasteiger partial charge < -0.3 is 15.5 Å². The molecule has 0 bridgehead atoms. The van der Waals surface area contributed by atoms with E-state index in [0.717, 1.165) is 45.3 Å². The minimum Gasteiger partial charge on any atom is -0.343 e. The fraction of sp³-hybridized carbons (Fsp3) is 0.846. The summed E-state index contributed by atoms with van der Waals surface area (Å²) in [5, 5.41) is 5.97. The Morgan fingerprint density at radius 3 is 2.47 bits per heavy atom. The topological polar surface area (TPSA) is 61.4 Å². The molecule has 2 saturated heterocycles. The van der Waals surface area contributed by atoms with Crippen molar-refractivity contribution < 1.29 is 9.59 Å². The molecule has 0 aromatic carbocycles. The van der Waals surface area contributed by atoms with Crippen LogP contribution in [0.15, 0.2) is 0 Å². The van der Waals surface area contributed by atoms with Gasteiger partial charge in [-0.2, -0.15) is 0 Å². The van der Waals surface area contributed by atoms with Crippen molar-refractivity contribution in [3.63, 3.8) is 0 Å². The normalized spacial score (nSPS) is 24.5. The summed E-state index contributed by atoms with van der Waals surface area (Å²) in [5.74, 6) is 0.0198. The number of carbonyl (C=O) groups excluding carboxylic acids is 2. The highest BCUT2D eigenvalue weighted by Crippen LogP contribution is 2.10. The lowest BCUT2D eigenvalue weighted by Gasteiger charge is -2.29. The highest BCUT2D eigenvalue weighted by molar-refractivity contribution is 5.89. The van der Waals surface area contributed by atoms with E-state index in [0.29, 0.717) is 0 Å². The van der Waals surface area contributed by atoms with Crippen molar-refractivity contribution in [2.24, 2.45) is 0 Å². The first-order valence-corrected chi connectivity index (χ1v) is 7.01. The minimum absolute atomic E-state index is 0. The van der Waals surface area contributed by atoms with E-state index in [-0.39, 0.29) is 30.3 Å². The molecular weight excluding hydrogens is 266 g/mol. The predicted octanol–water partition coefficient (Wildman–Crippen LogP) is 0.677. The van der Waals surface area contributed by atoms with Crippen LogP contribution in [0.5, 0.6) is 0 Å². The number of carbonyl (C=O) groups is 2. The van der Waals surface area contributed by atoms with Gasteiger partial charge in [0.25, 0.3) is 0 Å². The van der Waals surface area contributed by atoms with E-state index in [9.17, 15) is 9.59 Å². The maximum atomic E-state index is 12.1. The van der Waals surface area contributed by atoms with Crippen LogP contribution in [-0.4, -0.2) is 48.4 Å².